The molecule has 0 radical (unpaired) electrons. The summed E-state index contributed by atoms with van der Waals surface area (Å²) in [5.74, 6) is -1.48. The van der Waals surface area contributed by atoms with Gasteiger partial charge in [0.05, 0.1) is 28.2 Å². The number of hydrogen-bond acceptors (Lipinski definition) is 12. The number of benzene rings is 3. The highest BCUT2D eigenvalue weighted by Crippen LogP contribution is 2.43. The molecular weight excluding hydrogens is 653 g/mol. The van der Waals surface area contributed by atoms with Gasteiger partial charge in [0, 0.05) is 60.3 Å². The Balaban J connectivity index is 1.93. The van der Waals surface area contributed by atoms with E-state index in [1.165, 1.54) is 6.07 Å². The molecule has 1 aliphatic heterocycles. The van der Waals surface area contributed by atoms with Crippen molar-refractivity contribution in [3.63, 3.8) is 0 Å². The summed E-state index contributed by atoms with van der Waals surface area (Å²) in [4.78, 5) is 21.2. The smallest absolute Gasteiger partial charge is 0.336 e. The van der Waals surface area contributed by atoms with Crippen molar-refractivity contribution in [3.8, 4) is 22.5 Å². The van der Waals surface area contributed by atoms with E-state index in [4.69, 9.17) is 13.9 Å². The first-order chi connectivity index (χ1) is 21.2. The van der Waals surface area contributed by atoms with E-state index >= 15 is 0 Å². The van der Waals surface area contributed by atoms with Gasteiger partial charge in [-0.2, -0.15) is 16.8 Å². The first-order valence-corrected chi connectivity index (χ1v) is 16.8. The highest BCUT2D eigenvalue weighted by atomic mass is 32.2. The summed E-state index contributed by atoms with van der Waals surface area (Å²) in [5.41, 5.74) is 3.20. The number of fused-ring (bicyclic) bond motifs is 2. The maximum absolute atomic E-state index is 12.4. The molecule has 0 amide bonds. The summed E-state index contributed by atoms with van der Waals surface area (Å²) in [6, 6.07) is 10.3. The predicted molar refractivity (Wildman–Crippen MR) is 166 cm³/mol. The number of aromatic carboxylic acids is 1. The lowest BCUT2D eigenvalue weighted by Crippen LogP contribution is -2.11. The van der Waals surface area contributed by atoms with Crippen LogP contribution in [0, 0.1) is 13.8 Å². The fraction of sp³-hybridized carbons (Fsp3) is 0.286. The van der Waals surface area contributed by atoms with Crippen LogP contribution in [0.1, 0.15) is 34.3 Å². The zero-order valence-electron chi connectivity index (χ0n) is 24.0. The van der Waals surface area contributed by atoms with Gasteiger partial charge >= 0.3 is 5.97 Å². The zero-order valence-corrected chi connectivity index (χ0v) is 26.5. The quantitative estimate of drug-likeness (QED) is 0.0237. The average molecular weight is 683 g/mol. The van der Waals surface area contributed by atoms with E-state index in [-0.39, 0.29) is 30.7 Å². The Morgan fingerprint density at radius 3 is 2.42 bits per heavy atom. The fourth-order valence-electron chi connectivity index (χ4n) is 4.77. The van der Waals surface area contributed by atoms with Crippen molar-refractivity contribution in [1.29, 1.82) is 0 Å². The Hall–Kier alpha value is -3.55. The van der Waals surface area contributed by atoms with Gasteiger partial charge < -0.3 is 14.8 Å². The van der Waals surface area contributed by atoms with Gasteiger partial charge in [0.1, 0.15) is 11.3 Å². The Bertz CT molecular complexity index is 1990. The largest absolute Gasteiger partial charge is 0.478 e. The average Bonchev–Trinajstić information content (AvgIpc) is 2.95. The van der Waals surface area contributed by atoms with E-state index in [0.717, 1.165) is 23.3 Å². The number of carboxylic acid groups (broad SMARTS) is 1. The van der Waals surface area contributed by atoms with Gasteiger partial charge in [-0.3, -0.25) is 14.1 Å². The van der Waals surface area contributed by atoms with E-state index < -0.39 is 36.9 Å². The van der Waals surface area contributed by atoms with Gasteiger partial charge in [-0.05, 0) is 67.6 Å². The van der Waals surface area contributed by atoms with Crippen LogP contribution < -0.4 is 10.7 Å². The van der Waals surface area contributed by atoms with Crippen molar-refractivity contribution in [3.05, 3.63) is 64.5 Å². The number of anilines is 1. The number of carbonyl (C=O) groups is 1. The normalized spacial score (nSPS) is 12.7. The minimum absolute atomic E-state index is 0.140. The Labute approximate surface area is 264 Å². The van der Waals surface area contributed by atoms with Gasteiger partial charge in [0.15, 0.2) is 0 Å². The molecule has 0 unspecified atom stereocenters. The van der Waals surface area contributed by atoms with Gasteiger partial charge in [0.2, 0.25) is 0 Å². The van der Waals surface area contributed by atoms with Gasteiger partial charge in [0.25, 0.3) is 20.2 Å². The molecule has 1 heterocycles. The fourth-order valence-corrected chi connectivity index (χ4v) is 5.83. The summed E-state index contributed by atoms with van der Waals surface area (Å²) in [6.07, 6.45) is 0.629. The van der Waals surface area contributed by atoms with Gasteiger partial charge in [-0.1, -0.05) is 11.1 Å². The van der Waals surface area contributed by atoms with Crippen molar-refractivity contribution in [2.45, 2.75) is 31.6 Å². The molecule has 0 saturated heterocycles. The van der Waals surface area contributed by atoms with Crippen LogP contribution >= 0.6 is 12.9 Å². The number of nitrogens with one attached hydrogen (secondary N) is 1. The molecule has 4 N–H and O–H groups in total. The SMILES string of the molecule is Cc1cc2c(-c3ccc(S(=O)(=O)O)cc3C(=O)O)c3cc(C)c(=NCCCOOOS)cc-3oc2cc1NCCCS(=O)(=O)O. The van der Waals surface area contributed by atoms with Crippen molar-refractivity contribution in [2.24, 2.45) is 4.99 Å². The molecular formula is C28H30N2O12S3. The highest BCUT2D eigenvalue weighted by molar-refractivity contribution is 7.86. The van der Waals surface area contributed by atoms with E-state index in [2.05, 4.69) is 32.6 Å². The van der Waals surface area contributed by atoms with Crippen molar-refractivity contribution in [1.82, 2.24) is 0 Å². The molecule has 242 valence electrons. The molecule has 0 bridgehead atoms. The van der Waals surface area contributed by atoms with E-state index in [1.54, 1.807) is 31.2 Å². The molecule has 2 aromatic carbocycles. The van der Waals surface area contributed by atoms with Crippen LogP contribution in [0.25, 0.3) is 33.4 Å². The Morgan fingerprint density at radius 1 is 1.00 bits per heavy atom. The highest BCUT2D eigenvalue weighted by Gasteiger charge is 2.25. The molecule has 0 spiro atoms. The number of nitrogens with zero attached hydrogens (tertiary/aromatic N) is 1. The van der Waals surface area contributed by atoms with Gasteiger partial charge in [-0.25, -0.2) is 9.68 Å². The van der Waals surface area contributed by atoms with Crippen molar-refractivity contribution < 1.29 is 54.5 Å². The molecule has 2 aliphatic rings. The van der Waals surface area contributed by atoms with Crippen LogP contribution in [0.5, 0.6) is 0 Å². The van der Waals surface area contributed by atoms with Crippen molar-refractivity contribution >= 4 is 55.8 Å². The van der Waals surface area contributed by atoms with Crippen LogP contribution in [0.4, 0.5) is 5.69 Å². The van der Waals surface area contributed by atoms with Crippen LogP contribution in [-0.4, -0.2) is 62.5 Å². The molecule has 0 aromatic heterocycles. The third-order valence-corrected chi connectivity index (χ3v) is 8.53. The molecule has 1 aliphatic carbocycles. The molecule has 0 saturated carbocycles. The molecule has 0 atom stereocenters. The molecule has 4 rings (SSSR count). The zero-order chi connectivity index (χ0) is 32.9. The lowest BCUT2D eigenvalue weighted by Gasteiger charge is -2.20. The van der Waals surface area contributed by atoms with E-state index in [1.807, 2.05) is 6.92 Å². The molecule has 14 nitrogen and oxygen atoms in total. The number of aryl methyl sites for hydroxylation is 2. The summed E-state index contributed by atoms with van der Waals surface area (Å²) in [6.45, 7) is 4.39. The van der Waals surface area contributed by atoms with Crippen LogP contribution in [0.15, 0.2) is 56.8 Å². The minimum Gasteiger partial charge on any atom is -0.478 e. The van der Waals surface area contributed by atoms with Crippen LogP contribution in [0.2, 0.25) is 0 Å². The van der Waals surface area contributed by atoms with Crippen LogP contribution in [-0.2, 0) is 34.5 Å². The maximum atomic E-state index is 12.4. The monoisotopic (exact) mass is 682 g/mol. The second-order valence-corrected chi connectivity index (χ2v) is 13.2. The predicted octanol–water partition coefficient (Wildman–Crippen LogP) is 4.47. The second-order valence-electron chi connectivity index (χ2n) is 10.0. The van der Waals surface area contributed by atoms with Gasteiger partial charge in [-0.15, -0.1) is 4.33 Å². The number of rotatable bonds is 14. The number of thiol groups is 1. The third kappa shape index (κ3) is 8.59. The first kappa shape index (κ1) is 34.3. The summed E-state index contributed by atoms with van der Waals surface area (Å²) >= 11 is 3.40. The summed E-state index contributed by atoms with van der Waals surface area (Å²) < 4.78 is 74.8. The lowest BCUT2D eigenvalue weighted by molar-refractivity contribution is -0.458. The Morgan fingerprint density at radius 2 is 1.76 bits per heavy atom. The summed E-state index contributed by atoms with van der Waals surface area (Å²) in [5, 5.41) is 18.6. The second kappa shape index (κ2) is 14.3. The molecule has 2 aromatic rings. The molecule has 0 fully saturated rings. The topological polar surface area (TPSA) is 211 Å². The minimum atomic E-state index is -4.69. The molecule has 45 heavy (non-hydrogen) atoms. The Kier molecular flexibility index (Phi) is 10.9. The van der Waals surface area contributed by atoms with Crippen molar-refractivity contribution in [2.75, 3.05) is 30.8 Å². The summed E-state index contributed by atoms with van der Waals surface area (Å²) in [7, 11) is -8.81. The number of carboxylic acids is 1. The van der Waals surface area contributed by atoms with E-state index in [9.17, 15) is 31.3 Å². The first-order valence-electron chi connectivity index (χ1n) is 13.4. The standard InChI is InChI=1S/C28H30N2O12S3/c1-16-11-21-25(14-23(16)29-7-3-9-39-41-42-43)40-26-15-24(30-8-4-10-44(33,34)35)17(2)12-22(26)27(21)19-6-5-18(45(36,37)38)13-20(19)28(31)32/h5-6,11-15,30,43H,3-4,7-10H2,1-2H3,(H,31,32)(H,33,34,35)(H,36,37,38). The van der Waals surface area contributed by atoms with Crippen LogP contribution in [0.3, 0.4) is 0 Å². The lowest BCUT2D eigenvalue weighted by atomic mass is 9.89. The van der Waals surface area contributed by atoms with E-state index in [0.29, 0.717) is 51.9 Å². The molecule has 17 heteroatoms. The third-order valence-electron chi connectivity index (χ3n) is 6.81. The maximum Gasteiger partial charge on any atom is 0.336 e. The number of hydrogen-bond donors (Lipinski definition) is 5.